The Morgan fingerprint density at radius 1 is 1.29 bits per heavy atom. The number of ether oxygens (including phenoxy) is 1. The highest BCUT2D eigenvalue weighted by Gasteiger charge is 2.38. The first-order valence-electron chi connectivity index (χ1n) is 10.4. The van der Waals surface area contributed by atoms with Gasteiger partial charge in [-0.15, -0.1) is 0 Å². The lowest BCUT2D eigenvalue weighted by molar-refractivity contribution is -0.386. The Morgan fingerprint density at radius 3 is 2.50 bits per heavy atom. The molecule has 0 aromatic heterocycles. The number of benzene rings is 1. The van der Waals surface area contributed by atoms with Crippen molar-refractivity contribution >= 4 is 11.4 Å². The molecule has 1 heterocycles. The number of nitro groups is 1. The molecule has 0 unspecified atom stereocenters. The molecule has 0 spiro atoms. The van der Waals surface area contributed by atoms with Crippen LogP contribution in [0, 0.1) is 22.9 Å². The van der Waals surface area contributed by atoms with Crippen LogP contribution in [0.3, 0.4) is 0 Å². The van der Waals surface area contributed by atoms with E-state index in [1.54, 1.807) is 13.0 Å². The maximum absolute atomic E-state index is 14.1. The first-order valence-corrected chi connectivity index (χ1v) is 10.4. The Labute approximate surface area is 166 Å². The molecular formula is C21H32FN3O3. The van der Waals surface area contributed by atoms with Gasteiger partial charge < -0.3 is 10.1 Å². The van der Waals surface area contributed by atoms with Gasteiger partial charge in [-0.3, -0.25) is 15.0 Å². The van der Waals surface area contributed by atoms with Crippen LogP contribution in [0.4, 0.5) is 15.8 Å². The molecule has 0 radical (unpaired) electrons. The molecular weight excluding hydrogens is 361 g/mol. The summed E-state index contributed by atoms with van der Waals surface area (Å²) in [5, 5.41) is 14.5. The fourth-order valence-corrected chi connectivity index (χ4v) is 4.75. The minimum atomic E-state index is -0.775. The van der Waals surface area contributed by atoms with Crippen LogP contribution in [0.5, 0.6) is 0 Å². The predicted molar refractivity (Wildman–Crippen MR) is 108 cm³/mol. The standard InChI is InChI=1S/C21H32FN3O3/c1-4-28-17-5-9-21(3,10-6-17)24-11-7-16(8-12-24)23-19-14-15(2)13-18(22)20(19)25(26)27/h13-14,16-17,23H,4-12H2,1-3H3/t17-,21-. The summed E-state index contributed by atoms with van der Waals surface area (Å²) in [7, 11) is 0. The number of nitrogens with zero attached hydrogens (tertiary/aromatic N) is 2. The average Bonchev–Trinajstić information content (AvgIpc) is 2.63. The van der Waals surface area contributed by atoms with E-state index in [1.165, 1.54) is 6.07 Å². The zero-order chi connectivity index (χ0) is 20.3. The summed E-state index contributed by atoms with van der Waals surface area (Å²) in [6.07, 6.45) is 6.70. The van der Waals surface area contributed by atoms with E-state index in [0.29, 0.717) is 17.4 Å². The largest absolute Gasteiger partial charge is 0.379 e. The number of nitro benzene ring substituents is 1. The molecule has 1 aliphatic carbocycles. The number of anilines is 1. The number of piperidine rings is 1. The van der Waals surface area contributed by atoms with Crippen LogP contribution < -0.4 is 5.32 Å². The quantitative estimate of drug-likeness (QED) is 0.562. The van der Waals surface area contributed by atoms with E-state index < -0.39 is 16.4 Å². The average molecular weight is 394 g/mol. The van der Waals surface area contributed by atoms with Gasteiger partial charge in [-0.05, 0) is 77.0 Å². The fraction of sp³-hybridized carbons (Fsp3) is 0.714. The van der Waals surface area contributed by atoms with Gasteiger partial charge in [-0.1, -0.05) is 0 Å². The molecule has 0 atom stereocenters. The molecule has 1 saturated carbocycles. The normalized spacial score (nSPS) is 26.9. The van der Waals surface area contributed by atoms with Crippen molar-refractivity contribution in [3.63, 3.8) is 0 Å². The number of aryl methyl sites for hydroxylation is 1. The van der Waals surface area contributed by atoms with Crippen LogP contribution in [0.2, 0.25) is 0 Å². The van der Waals surface area contributed by atoms with Crippen molar-refractivity contribution in [1.82, 2.24) is 4.90 Å². The van der Waals surface area contributed by atoms with Crippen molar-refractivity contribution < 1.29 is 14.1 Å². The lowest BCUT2D eigenvalue weighted by Crippen LogP contribution is -2.53. The molecule has 0 amide bonds. The second kappa shape index (κ2) is 8.74. The van der Waals surface area contributed by atoms with Crippen molar-refractivity contribution in [2.24, 2.45) is 0 Å². The number of nitrogens with one attached hydrogen (secondary N) is 1. The van der Waals surface area contributed by atoms with Crippen LogP contribution in [-0.4, -0.2) is 47.2 Å². The molecule has 3 rings (SSSR count). The van der Waals surface area contributed by atoms with Crippen molar-refractivity contribution in [1.29, 1.82) is 0 Å². The van der Waals surface area contributed by atoms with Gasteiger partial charge in [0.25, 0.3) is 0 Å². The molecule has 156 valence electrons. The lowest BCUT2D eigenvalue weighted by Gasteiger charge is -2.48. The number of likely N-dealkylation sites (tertiary alicyclic amines) is 1. The highest BCUT2D eigenvalue weighted by Crippen LogP contribution is 2.37. The molecule has 2 fully saturated rings. The summed E-state index contributed by atoms with van der Waals surface area (Å²) in [5.74, 6) is -0.775. The maximum atomic E-state index is 14.1. The van der Waals surface area contributed by atoms with Gasteiger partial charge in [0.2, 0.25) is 5.82 Å². The van der Waals surface area contributed by atoms with E-state index in [2.05, 4.69) is 24.1 Å². The minimum Gasteiger partial charge on any atom is -0.379 e. The zero-order valence-electron chi connectivity index (χ0n) is 17.2. The molecule has 2 aliphatic rings. The first kappa shape index (κ1) is 21.0. The van der Waals surface area contributed by atoms with Crippen molar-refractivity contribution in [3.8, 4) is 0 Å². The van der Waals surface area contributed by atoms with Gasteiger partial charge >= 0.3 is 5.69 Å². The molecule has 1 saturated heterocycles. The van der Waals surface area contributed by atoms with Crippen molar-refractivity contribution in [2.75, 3.05) is 25.0 Å². The van der Waals surface area contributed by atoms with Crippen LogP contribution in [0.1, 0.15) is 57.9 Å². The molecule has 1 aromatic carbocycles. The topological polar surface area (TPSA) is 67.6 Å². The molecule has 1 N–H and O–H groups in total. The van der Waals surface area contributed by atoms with Gasteiger partial charge in [0.15, 0.2) is 0 Å². The smallest absolute Gasteiger partial charge is 0.327 e. The third-order valence-corrected chi connectivity index (χ3v) is 6.42. The summed E-state index contributed by atoms with van der Waals surface area (Å²) < 4.78 is 19.8. The highest BCUT2D eigenvalue weighted by atomic mass is 19.1. The third-order valence-electron chi connectivity index (χ3n) is 6.42. The second-order valence-electron chi connectivity index (χ2n) is 8.46. The maximum Gasteiger partial charge on any atom is 0.327 e. The summed E-state index contributed by atoms with van der Waals surface area (Å²) in [4.78, 5) is 13.2. The van der Waals surface area contributed by atoms with E-state index in [0.717, 1.165) is 58.2 Å². The number of rotatable bonds is 6. The number of halogens is 1. The Hall–Kier alpha value is -1.73. The Kier molecular flexibility index (Phi) is 6.55. The second-order valence-corrected chi connectivity index (χ2v) is 8.46. The summed E-state index contributed by atoms with van der Waals surface area (Å²) >= 11 is 0. The Balaban J connectivity index is 1.59. The van der Waals surface area contributed by atoms with Gasteiger partial charge in [-0.2, -0.15) is 4.39 Å². The third kappa shape index (κ3) is 4.63. The van der Waals surface area contributed by atoms with Crippen molar-refractivity contribution in [3.05, 3.63) is 33.6 Å². The van der Waals surface area contributed by atoms with Crippen LogP contribution in [0.15, 0.2) is 12.1 Å². The molecule has 7 heteroatoms. The summed E-state index contributed by atoms with van der Waals surface area (Å²) in [5.41, 5.74) is 0.736. The zero-order valence-corrected chi connectivity index (χ0v) is 17.2. The molecule has 0 bridgehead atoms. The molecule has 28 heavy (non-hydrogen) atoms. The van der Waals surface area contributed by atoms with E-state index >= 15 is 0 Å². The Bertz CT molecular complexity index is 696. The molecule has 1 aromatic rings. The SMILES string of the molecule is CCO[C@H]1CC[C@](C)(N2CCC(Nc3cc(C)cc(F)c3[N+](=O)[O-])CC2)CC1. The van der Waals surface area contributed by atoms with Crippen LogP contribution in [0.25, 0.3) is 0 Å². The summed E-state index contributed by atoms with van der Waals surface area (Å²) in [6.45, 7) is 8.84. The Morgan fingerprint density at radius 2 is 1.93 bits per heavy atom. The fourth-order valence-electron chi connectivity index (χ4n) is 4.75. The molecule has 1 aliphatic heterocycles. The van der Waals surface area contributed by atoms with Gasteiger partial charge in [-0.25, -0.2) is 0 Å². The summed E-state index contributed by atoms with van der Waals surface area (Å²) in [6, 6.07) is 3.01. The number of hydrogen-bond donors (Lipinski definition) is 1. The lowest BCUT2D eigenvalue weighted by atomic mass is 9.79. The van der Waals surface area contributed by atoms with E-state index in [4.69, 9.17) is 4.74 Å². The van der Waals surface area contributed by atoms with E-state index in [-0.39, 0.29) is 11.6 Å². The van der Waals surface area contributed by atoms with Crippen molar-refractivity contribution in [2.45, 2.75) is 77.0 Å². The monoisotopic (exact) mass is 393 g/mol. The first-order chi connectivity index (χ1) is 13.3. The van der Waals surface area contributed by atoms with Crippen LogP contribution >= 0.6 is 0 Å². The minimum absolute atomic E-state index is 0.125. The van der Waals surface area contributed by atoms with E-state index in [1.807, 2.05) is 0 Å². The molecule has 6 nitrogen and oxygen atoms in total. The van der Waals surface area contributed by atoms with Gasteiger partial charge in [0.05, 0.1) is 11.0 Å². The predicted octanol–water partition coefficient (Wildman–Crippen LogP) is 4.66. The number of hydrogen-bond acceptors (Lipinski definition) is 5. The van der Waals surface area contributed by atoms with E-state index in [9.17, 15) is 14.5 Å². The van der Waals surface area contributed by atoms with Gasteiger partial charge in [0.1, 0.15) is 5.69 Å². The van der Waals surface area contributed by atoms with Crippen LogP contribution in [-0.2, 0) is 4.74 Å². The van der Waals surface area contributed by atoms with Gasteiger partial charge in [0, 0.05) is 31.3 Å². The highest BCUT2D eigenvalue weighted by molar-refractivity contribution is 5.64.